The van der Waals surface area contributed by atoms with Crippen LogP contribution in [0.15, 0.2) is 231 Å². The third-order valence-electron chi connectivity index (χ3n) is 13.1. The number of aromatic nitrogens is 2. The van der Waals surface area contributed by atoms with Crippen molar-refractivity contribution in [2.24, 2.45) is 0 Å². The fraction of sp³-hybridized carbons (Fsp3) is 0. The van der Waals surface area contributed by atoms with Crippen LogP contribution in [0.1, 0.15) is 0 Å². The molecule has 2 aromatic heterocycles. The van der Waals surface area contributed by atoms with Gasteiger partial charge in [0.25, 0.3) is 0 Å². The molecule has 0 radical (unpaired) electrons. The second-order valence-electron chi connectivity index (χ2n) is 16.5. The van der Waals surface area contributed by atoms with Crippen molar-refractivity contribution >= 4 is 75.9 Å². The maximum atomic E-state index is 2.43. The van der Waals surface area contributed by atoms with Crippen LogP contribution in [0.25, 0.3) is 121 Å². The lowest BCUT2D eigenvalue weighted by molar-refractivity contribution is 1.18. The first-order chi connectivity index (χ1) is 30.7. The van der Waals surface area contributed by atoms with Gasteiger partial charge in [0.05, 0.1) is 22.1 Å². The minimum absolute atomic E-state index is 1.14. The first-order valence-electron chi connectivity index (χ1n) is 21.4. The molecule has 0 fully saturated rings. The van der Waals surface area contributed by atoms with Gasteiger partial charge in [0.1, 0.15) is 0 Å². The topological polar surface area (TPSA) is 9.86 Å². The van der Waals surface area contributed by atoms with Crippen LogP contribution >= 0.6 is 0 Å². The van der Waals surface area contributed by atoms with Crippen molar-refractivity contribution < 1.29 is 0 Å². The summed E-state index contributed by atoms with van der Waals surface area (Å²) in [6.45, 7) is 0. The van der Waals surface area contributed by atoms with E-state index < -0.39 is 0 Å². The molecule has 0 saturated heterocycles. The molecule has 0 N–H and O–H groups in total. The molecule has 11 aromatic carbocycles. The first kappa shape index (κ1) is 34.6. The summed E-state index contributed by atoms with van der Waals surface area (Å²) < 4.78 is 4.80. The van der Waals surface area contributed by atoms with Gasteiger partial charge in [-0.05, 0) is 132 Å². The summed E-state index contributed by atoms with van der Waals surface area (Å²) in [7, 11) is 0. The second kappa shape index (κ2) is 13.7. The average Bonchev–Trinajstić information content (AvgIpc) is 3.86. The quantitative estimate of drug-likeness (QED) is 0.154. The smallest absolute Gasteiger partial charge is 0.0547 e. The Kier molecular flexibility index (Phi) is 7.64. The van der Waals surface area contributed by atoms with Gasteiger partial charge in [-0.3, -0.25) is 0 Å². The molecule has 2 heteroatoms. The van der Waals surface area contributed by atoms with E-state index >= 15 is 0 Å². The minimum atomic E-state index is 1.14. The van der Waals surface area contributed by atoms with Crippen LogP contribution < -0.4 is 0 Å². The fourth-order valence-corrected chi connectivity index (χ4v) is 10.2. The summed E-state index contributed by atoms with van der Waals surface area (Å²) in [6, 6.07) is 84.7. The third-order valence-corrected chi connectivity index (χ3v) is 13.1. The number of fused-ring (bicyclic) bond motifs is 12. The summed E-state index contributed by atoms with van der Waals surface area (Å²) in [5.74, 6) is 0. The van der Waals surface area contributed by atoms with Crippen molar-refractivity contribution in [3.63, 3.8) is 0 Å². The zero-order valence-corrected chi connectivity index (χ0v) is 33.8. The molecule has 2 heterocycles. The Morgan fingerprint density at radius 3 is 1.23 bits per heavy atom. The summed E-state index contributed by atoms with van der Waals surface area (Å²) in [6.07, 6.45) is 0. The molecule has 13 aromatic rings. The summed E-state index contributed by atoms with van der Waals surface area (Å²) >= 11 is 0. The average molecular weight is 787 g/mol. The van der Waals surface area contributed by atoms with Crippen LogP contribution in [-0.2, 0) is 0 Å². The summed E-state index contributed by atoms with van der Waals surface area (Å²) in [5, 5.41) is 12.8. The lowest BCUT2D eigenvalue weighted by atomic mass is 9.91. The van der Waals surface area contributed by atoms with E-state index in [-0.39, 0.29) is 0 Å². The van der Waals surface area contributed by atoms with E-state index in [2.05, 4.69) is 240 Å². The highest BCUT2D eigenvalue weighted by Gasteiger charge is 2.16. The van der Waals surface area contributed by atoms with Crippen LogP contribution in [0.2, 0.25) is 0 Å². The molecule has 0 amide bonds. The molecule has 0 saturated carbocycles. The Bertz CT molecular complexity index is 3870. The number of para-hydroxylation sites is 3. The molecule has 0 aliphatic rings. The molecule has 0 spiro atoms. The van der Waals surface area contributed by atoms with Gasteiger partial charge < -0.3 is 9.13 Å². The minimum Gasteiger partial charge on any atom is -0.309 e. The lowest BCUT2D eigenvalue weighted by Crippen LogP contribution is -1.94. The third kappa shape index (κ3) is 5.30. The highest BCUT2D eigenvalue weighted by molar-refractivity contribution is 6.25. The van der Waals surface area contributed by atoms with E-state index in [1.165, 1.54) is 115 Å². The van der Waals surface area contributed by atoms with Gasteiger partial charge in [-0.15, -0.1) is 0 Å². The van der Waals surface area contributed by atoms with Crippen molar-refractivity contribution in [2.45, 2.75) is 0 Å². The number of benzene rings is 11. The predicted octanol–water partition coefficient (Wildman–Crippen LogP) is 16.3. The van der Waals surface area contributed by atoms with E-state index in [0.29, 0.717) is 0 Å². The van der Waals surface area contributed by atoms with Gasteiger partial charge in [0, 0.05) is 32.9 Å². The molecule has 0 bridgehead atoms. The van der Waals surface area contributed by atoms with Gasteiger partial charge in [0.2, 0.25) is 0 Å². The standard InChI is InChI=1S/C60H38N2/c1-2-15-45(16-3-1)61-58-24-11-9-22-53(58)56-37-42(29-34-59(56)61)39-25-30-46(31-26-39)62-57-23-10-8-21-52(57)54-33-28-44(38-60(54)62)41-14-12-13-40(35-41)43-27-32-51-49-19-5-4-17-47(49)48-18-6-7-20-50(48)55(51)36-43/h1-38H. The zero-order chi connectivity index (χ0) is 40.7. The van der Waals surface area contributed by atoms with E-state index in [9.17, 15) is 0 Å². The van der Waals surface area contributed by atoms with Gasteiger partial charge in [0.15, 0.2) is 0 Å². The number of hydrogen-bond donors (Lipinski definition) is 0. The SMILES string of the molecule is c1ccc(-n2c3ccccc3c3cc(-c4ccc(-n5c6ccccc6c6ccc(-c7cccc(-c8ccc9c%10ccccc%10c%10ccccc%10c9c8)c7)cc65)cc4)ccc32)cc1. The van der Waals surface area contributed by atoms with Gasteiger partial charge >= 0.3 is 0 Å². The van der Waals surface area contributed by atoms with Crippen LogP contribution in [0.5, 0.6) is 0 Å². The van der Waals surface area contributed by atoms with Crippen LogP contribution in [-0.4, -0.2) is 9.13 Å². The normalized spacial score (nSPS) is 11.9. The number of rotatable bonds is 5. The van der Waals surface area contributed by atoms with Crippen LogP contribution in [0, 0.1) is 0 Å². The summed E-state index contributed by atoms with van der Waals surface area (Å²) in [5.41, 5.74) is 14.4. The first-order valence-corrected chi connectivity index (χ1v) is 21.4. The molecule has 13 rings (SSSR count). The monoisotopic (exact) mass is 786 g/mol. The highest BCUT2D eigenvalue weighted by atomic mass is 15.0. The van der Waals surface area contributed by atoms with Crippen molar-refractivity contribution in [3.05, 3.63) is 231 Å². The van der Waals surface area contributed by atoms with Gasteiger partial charge in [-0.1, -0.05) is 164 Å². The number of hydrogen-bond acceptors (Lipinski definition) is 0. The molecule has 288 valence electrons. The van der Waals surface area contributed by atoms with E-state index in [4.69, 9.17) is 0 Å². The van der Waals surface area contributed by atoms with Crippen LogP contribution in [0.4, 0.5) is 0 Å². The zero-order valence-electron chi connectivity index (χ0n) is 33.8. The Balaban J connectivity index is 0.898. The Hall–Kier alpha value is -8.20. The van der Waals surface area contributed by atoms with Crippen molar-refractivity contribution in [2.75, 3.05) is 0 Å². The molecule has 0 unspecified atom stereocenters. The molecule has 0 aliphatic carbocycles. The Morgan fingerprint density at radius 2 is 0.565 bits per heavy atom. The van der Waals surface area contributed by atoms with E-state index in [1.54, 1.807) is 0 Å². The summed E-state index contributed by atoms with van der Waals surface area (Å²) in [4.78, 5) is 0. The Labute approximate surface area is 358 Å². The Morgan fingerprint density at radius 1 is 0.177 bits per heavy atom. The van der Waals surface area contributed by atoms with Crippen molar-refractivity contribution in [1.29, 1.82) is 0 Å². The molecular formula is C60H38N2. The molecule has 0 aliphatic heterocycles. The number of nitrogens with zero attached hydrogens (tertiary/aromatic N) is 2. The van der Waals surface area contributed by atoms with Crippen molar-refractivity contribution in [3.8, 4) is 44.8 Å². The predicted molar refractivity (Wildman–Crippen MR) is 264 cm³/mol. The van der Waals surface area contributed by atoms with E-state index in [1.807, 2.05) is 0 Å². The highest BCUT2D eigenvalue weighted by Crippen LogP contribution is 2.40. The van der Waals surface area contributed by atoms with Crippen molar-refractivity contribution in [1.82, 2.24) is 9.13 Å². The molecule has 62 heavy (non-hydrogen) atoms. The maximum Gasteiger partial charge on any atom is 0.0547 e. The van der Waals surface area contributed by atoms with Gasteiger partial charge in [-0.25, -0.2) is 0 Å². The second-order valence-corrected chi connectivity index (χ2v) is 16.5. The van der Waals surface area contributed by atoms with Crippen LogP contribution in [0.3, 0.4) is 0 Å². The maximum absolute atomic E-state index is 2.43. The molecular weight excluding hydrogens is 749 g/mol. The molecule has 2 nitrogen and oxygen atoms in total. The largest absolute Gasteiger partial charge is 0.309 e. The lowest BCUT2D eigenvalue weighted by Gasteiger charge is -2.13. The fourth-order valence-electron chi connectivity index (χ4n) is 10.2. The van der Waals surface area contributed by atoms with Gasteiger partial charge in [-0.2, -0.15) is 0 Å². The molecule has 0 atom stereocenters. The van der Waals surface area contributed by atoms with E-state index in [0.717, 1.165) is 5.69 Å².